The fraction of sp³-hybridized carbons (Fsp3) is 0.500. The van der Waals surface area contributed by atoms with Gasteiger partial charge in [0, 0.05) is 18.0 Å². The molecule has 244 valence electrons. The monoisotopic (exact) mass is 620 g/mol. The van der Waals surface area contributed by atoms with E-state index < -0.39 is 17.4 Å². The number of aromatic hydroxyl groups is 3. The minimum Gasteiger partial charge on any atom is -0.504 e. The molecule has 0 unspecified atom stereocenters. The number of aryl methyl sites for hydroxylation is 2. The van der Waals surface area contributed by atoms with Crippen LogP contribution in [0.1, 0.15) is 81.9 Å². The van der Waals surface area contributed by atoms with Crippen molar-refractivity contribution < 1.29 is 34.7 Å². The smallest absolute Gasteiger partial charge is 0.200 e. The van der Waals surface area contributed by atoms with Crippen molar-refractivity contribution in [1.82, 2.24) is 4.98 Å². The van der Waals surface area contributed by atoms with Crippen molar-refractivity contribution in [3.8, 4) is 28.7 Å². The van der Waals surface area contributed by atoms with Gasteiger partial charge in [0.2, 0.25) is 5.75 Å². The van der Waals surface area contributed by atoms with Gasteiger partial charge in [-0.25, -0.2) is 4.98 Å². The summed E-state index contributed by atoms with van der Waals surface area (Å²) >= 11 is 0. The second-order valence-corrected chi connectivity index (χ2v) is 12.7. The highest BCUT2D eigenvalue weighted by Crippen LogP contribution is 2.49. The standard InChI is InChI=1S/C36H48N2O7/c1-23(2)7-6-18-45-32-21-25(19-30(42)35(32)43)10-13-29(41)34(28(40)12-9-24-8-11-27(39)31(20-24)44-3)36(15-4-5-16-36)26-14-17-38-33(37)22-26/h8,11,14,17,19-23,28,34,39-40,42-43H,4-7,9-10,12-13,15-16,18H2,1-3H3,(H2,37,38)/t28-,34-/m1/s1. The number of aliphatic hydroxyl groups is 1. The van der Waals surface area contributed by atoms with Crippen molar-refractivity contribution in [3.05, 3.63) is 65.4 Å². The number of phenols is 3. The molecule has 0 radical (unpaired) electrons. The van der Waals surface area contributed by atoms with E-state index in [1.165, 1.54) is 13.2 Å². The number of nitrogens with zero attached hydrogens (tertiary/aromatic N) is 1. The lowest BCUT2D eigenvalue weighted by molar-refractivity contribution is -0.130. The Balaban J connectivity index is 1.58. The highest BCUT2D eigenvalue weighted by atomic mass is 16.5. The van der Waals surface area contributed by atoms with Gasteiger partial charge in [0.05, 0.1) is 25.7 Å². The van der Waals surface area contributed by atoms with E-state index in [0.717, 1.165) is 49.7 Å². The van der Waals surface area contributed by atoms with Crippen molar-refractivity contribution >= 4 is 11.6 Å². The van der Waals surface area contributed by atoms with Crippen LogP contribution in [0.2, 0.25) is 0 Å². The molecule has 1 aliphatic carbocycles. The molecular weight excluding hydrogens is 572 g/mol. The number of phenolic OH excluding ortho intramolecular Hbond substituents is 3. The number of benzene rings is 2. The number of nitrogen functional groups attached to an aromatic ring is 1. The fourth-order valence-electron chi connectivity index (χ4n) is 6.79. The Morgan fingerprint density at radius 1 is 0.956 bits per heavy atom. The van der Waals surface area contributed by atoms with E-state index in [2.05, 4.69) is 18.8 Å². The molecule has 0 saturated heterocycles. The molecule has 0 bridgehead atoms. The third-order valence-corrected chi connectivity index (χ3v) is 9.11. The average molecular weight is 621 g/mol. The van der Waals surface area contributed by atoms with Crippen LogP contribution < -0.4 is 15.2 Å². The summed E-state index contributed by atoms with van der Waals surface area (Å²) in [7, 11) is 1.49. The lowest BCUT2D eigenvalue weighted by atomic mass is 9.64. The number of hydrogen-bond acceptors (Lipinski definition) is 9. The van der Waals surface area contributed by atoms with Crippen molar-refractivity contribution in [2.45, 2.75) is 89.6 Å². The van der Waals surface area contributed by atoms with Gasteiger partial charge in [-0.2, -0.15) is 0 Å². The molecule has 9 heteroatoms. The molecule has 0 amide bonds. The molecule has 0 aliphatic heterocycles. The minimum atomic E-state index is -0.946. The number of carbonyl (C=O) groups is 1. The van der Waals surface area contributed by atoms with Gasteiger partial charge < -0.3 is 35.6 Å². The van der Waals surface area contributed by atoms with E-state index in [4.69, 9.17) is 15.2 Å². The summed E-state index contributed by atoms with van der Waals surface area (Å²) in [6.45, 7) is 4.68. The summed E-state index contributed by atoms with van der Waals surface area (Å²) in [5.41, 5.74) is 7.96. The van der Waals surface area contributed by atoms with Crippen LogP contribution in [0.25, 0.3) is 0 Å². The van der Waals surface area contributed by atoms with Crippen LogP contribution in [0.3, 0.4) is 0 Å². The van der Waals surface area contributed by atoms with Gasteiger partial charge in [-0.3, -0.25) is 4.79 Å². The van der Waals surface area contributed by atoms with Crippen molar-refractivity contribution in [3.63, 3.8) is 0 Å². The molecule has 2 atom stereocenters. The second kappa shape index (κ2) is 15.3. The normalized spacial score (nSPS) is 15.6. The number of aromatic nitrogens is 1. The molecule has 1 heterocycles. The van der Waals surface area contributed by atoms with Crippen LogP contribution >= 0.6 is 0 Å². The van der Waals surface area contributed by atoms with Gasteiger partial charge in [0.15, 0.2) is 23.0 Å². The highest BCUT2D eigenvalue weighted by Gasteiger charge is 2.49. The predicted molar refractivity (Wildman–Crippen MR) is 174 cm³/mol. The molecule has 1 aliphatic rings. The number of pyridine rings is 1. The van der Waals surface area contributed by atoms with Gasteiger partial charge in [-0.1, -0.05) is 32.8 Å². The molecule has 1 fully saturated rings. The molecule has 1 saturated carbocycles. The SMILES string of the molecule is COc1cc(CC[C@@H](O)[C@H](C(=O)CCc2cc(O)c(O)c(OCCCC(C)C)c2)C2(c3ccnc(N)c3)CCCC2)ccc1O. The Kier molecular flexibility index (Phi) is 11.6. The number of Topliss-reactive ketones (excluding diaryl/α,β-unsaturated/α-hetero) is 1. The number of carbonyl (C=O) groups excluding carboxylic acids is 1. The maximum atomic E-state index is 14.3. The van der Waals surface area contributed by atoms with Gasteiger partial charge in [-0.05, 0) is 104 Å². The van der Waals surface area contributed by atoms with E-state index in [9.17, 15) is 25.2 Å². The number of methoxy groups -OCH3 is 1. The summed E-state index contributed by atoms with van der Waals surface area (Å²) in [5.74, 6) is 0.125. The zero-order valence-corrected chi connectivity index (χ0v) is 26.7. The lowest BCUT2D eigenvalue weighted by Crippen LogP contribution is -2.45. The number of rotatable bonds is 16. The zero-order chi connectivity index (χ0) is 32.6. The molecule has 3 aromatic rings. The minimum absolute atomic E-state index is 0.0411. The molecule has 9 nitrogen and oxygen atoms in total. The third kappa shape index (κ3) is 8.39. The Hall–Kier alpha value is -3.98. The number of ether oxygens (including phenoxy) is 2. The second-order valence-electron chi connectivity index (χ2n) is 12.7. The molecule has 45 heavy (non-hydrogen) atoms. The molecule has 1 aromatic heterocycles. The molecule has 4 rings (SSSR count). The first-order valence-corrected chi connectivity index (χ1v) is 16.0. The Bertz CT molecular complexity index is 1430. The predicted octanol–water partition coefficient (Wildman–Crippen LogP) is 6.23. The van der Waals surface area contributed by atoms with Gasteiger partial charge in [0.1, 0.15) is 11.6 Å². The highest BCUT2D eigenvalue weighted by molar-refractivity contribution is 5.84. The summed E-state index contributed by atoms with van der Waals surface area (Å²) in [6, 6.07) is 12.0. The molecular formula is C36H48N2O7. The number of hydrogen-bond donors (Lipinski definition) is 5. The van der Waals surface area contributed by atoms with E-state index >= 15 is 0 Å². The van der Waals surface area contributed by atoms with Crippen molar-refractivity contribution in [1.29, 1.82) is 0 Å². The molecule has 0 spiro atoms. The van der Waals surface area contributed by atoms with E-state index in [-0.39, 0.29) is 35.2 Å². The van der Waals surface area contributed by atoms with Crippen molar-refractivity contribution in [2.24, 2.45) is 11.8 Å². The lowest BCUT2D eigenvalue weighted by Gasteiger charge is -2.40. The number of ketones is 1. The summed E-state index contributed by atoms with van der Waals surface area (Å²) < 4.78 is 11.0. The first-order chi connectivity index (χ1) is 21.5. The van der Waals surface area contributed by atoms with Crippen LogP contribution in [0.15, 0.2) is 48.7 Å². The van der Waals surface area contributed by atoms with Crippen molar-refractivity contribution in [2.75, 3.05) is 19.5 Å². The summed E-state index contributed by atoms with van der Waals surface area (Å²) in [6.07, 6.45) is 7.11. The Morgan fingerprint density at radius 2 is 1.69 bits per heavy atom. The summed E-state index contributed by atoms with van der Waals surface area (Å²) in [4.78, 5) is 18.4. The Labute approximate surface area is 266 Å². The largest absolute Gasteiger partial charge is 0.504 e. The number of nitrogens with two attached hydrogens (primary N) is 1. The van der Waals surface area contributed by atoms with Crippen LogP contribution in [-0.4, -0.2) is 51.0 Å². The van der Waals surface area contributed by atoms with E-state index in [1.54, 1.807) is 30.5 Å². The van der Waals surface area contributed by atoms with Gasteiger partial charge in [-0.15, -0.1) is 0 Å². The third-order valence-electron chi connectivity index (χ3n) is 9.11. The molecule has 6 N–H and O–H groups in total. The fourth-order valence-corrected chi connectivity index (χ4v) is 6.79. The maximum Gasteiger partial charge on any atom is 0.200 e. The first-order valence-electron chi connectivity index (χ1n) is 16.0. The topological polar surface area (TPSA) is 155 Å². The number of aliphatic hydroxyl groups excluding tert-OH is 1. The van der Waals surface area contributed by atoms with E-state index in [0.29, 0.717) is 48.9 Å². The van der Waals surface area contributed by atoms with Gasteiger partial charge in [0.25, 0.3) is 0 Å². The van der Waals surface area contributed by atoms with Crippen LogP contribution in [0.4, 0.5) is 5.82 Å². The Morgan fingerprint density at radius 3 is 2.38 bits per heavy atom. The quantitative estimate of drug-likeness (QED) is 0.0926. The van der Waals surface area contributed by atoms with Gasteiger partial charge >= 0.3 is 0 Å². The molecule has 2 aromatic carbocycles. The number of anilines is 1. The van der Waals surface area contributed by atoms with E-state index in [1.807, 2.05) is 12.1 Å². The van der Waals surface area contributed by atoms with Crippen LogP contribution in [0.5, 0.6) is 28.7 Å². The summed E-state index contributed by atoms with van der Waals surface area (Å²) in [5, 5.41) is 42.6. The van der Waals surface area contributed by atoms with Crippen LogP contribution in [0, 0.1) is 11.8 Å². The first kappa shape index (κ1) is 33.9. The zero-order valence-electron chi connectivity index (χ0n) is 26.7. The van der Waals surface area contributed by atoms with Crippen LogP contribution in [-0.2, 0) is 23.1 Å². The maximum absolute atomic E-state index is 14.3. The average Bonchev–Trinajstić information content (AvgIpc) is 3.50.